The van der Waals surface area contributed by atoms with Gasteiger partial charge in [0.05, 0.1) is 0 Å². The molecule has 0 spiro atoms. The van der Waals surface area contributed by atoms with Gasteiger partial charge in [-0.1, -0.05) is 0 Å². The van der Waals surface area contributed by atoms with Gasteiger partial charge in [-0.3, -0.25) is 0 Å². The molecule has 0 saturated carbocycles. The second-order valence-corrected chi connectivity index (χ2v) is 16.3. The zero-order valence-electron chi connectivity index (χ0n) is 42.3. The lowest BCUT2D eigenvalue weighted by Crippen LogP contribution is -2.51. The van der Waals surface area contributed by atoms with Gasteiger partial charge in [-0.25, -0.2) is 0 Å². The van der Waals surface area contributed by atoms with Crippen molar-refractivity contribution in [3.8, 4) is 28.4 Å². The highest BCUT2D eigenvalue weighted by molar-refractivity contribution is 6.51. The van der Waals surface area contributed by atoms with E-state index in [1.807, 2.05) is 209 Å². The summed E-state index contributed by atoms with van der Waals surface area (Å²) in [6.07, 6.45) is 19.8. The van der Waals surface area contributed by atoms with Crippen molar-refractivity contribution >= 4 is 64.7 Å². The van der Waals surface area contributed by atoms with Gasteiger partial charge in [0.2, 0.25) is 0 Å². The van der Waals surface area contributed by atoms with E-state index in [2.05, 4.69) is 31.4 Å². The van der Waals surface area contributed by atoms with Crippen LogP contribution in [0.4, 0.5) is 119 Å². The first-order chi connectivity index (χ1) is 34.8. The maximum Gasteiger partial charge on any atom is 0.673 e. The summed E-state index contributed by atoms with van der Waals surface area (Å²) < 4.78 is 223. The van der Waals surface area contributed by atoms with E-state index in [0.717, 1.165) is 34.1 Å². The third-order valence-electron chi connectivity index (χ3n) is 9.24. The van der Waals surface area contributed by atoms with Gasteiger partial charge in [0.1, 0.15) is 0 Å². The van der Waals surface area contributed by atoms with Crippen LogP contribution in [0.2, 0.25) is 0 Å². The van der Waals surface area contributed by atoms with Crippen molar-refractivity contribution in [2.75, 3.05) is 95.0 Å². The quantitative estimate of drug-likeness (QED) is 0.0776. The Kier molecular flexibility index (Phi) is 24.9. The number of rotatable bonds is 10. The second-order valence-electron chi connectivity index (χ2n) is 16.3. The van der Waals surface area contributed by atoms with E-state index in [1.165, 1.54) is 0 Å². The molecule has 0 N–H and O–H groups in total. The number of hydrogen-bond donors (Lipinski definition) is 0. The van der Waals surface area contributed by atoms with Crippen LogP contribution in [0.15, 0.2) is 123 Å². The van der Waals surface area contributed by atoms with Crippen molar-refractivity contribution in [1.29, 1.82) is 0 Å². The lowest BCUT2D eigenvalue weighted by molar-refractivity contribution is -0.671. The van der Waals surface area contributed by atoms with E-state index in [-0.39, 0.29) is 5.82 Å². The first-order valence-electron chi connectivity index (χ1n) is 21.6. The molecule has 77 heavy (non-hydrogen) atoms. The van der Waals surface area contributed by atoms with Crippen LogP contribution < -0.4 is 47.3 Å². The number of halogens is 21. The molecule has 0 atom stereocenters. The molecule has 0 amide bonds. The Morgan fingerprint density at radius 1 is 0.234 bits per heavy atom. The average molecular weight is 1140 g/mol. The van der Waals surface area contributed by atoms with Crippen LogP contribution in [-0.2, 0) is 0 Å². The Labute approximate surface area is 429 Å². The van der Waals surface area contributed by atoms with Gasteiger partial charge >= 0.3 is 64.7 Å². The molecule has 0 aliphatic rings. The van der Waals surface area contributed by atoms with Crippen molar-refractivity contribution < 1.29 is 114 Å². The Bertz CT molecular complexity index is 2480. The largest absolute Gasteiger partial charge is 0.673 e. The minimum Gasteiger partial charge on any atom is -0.418 e. The third kappa shape index (κ3) is 26.9. The fraction of sp³-hybridized carbons (Fsp3) is 0.244. The van der Waals surface area contributed by atoms with Crippen LogP contribution in [0.5, 0.6) is 0 Å². The van der Waals surface area contributed by atoms with Crippen LogP contribution in [0, 0.1) is 5.82 Å². The van der Waals surface area contributed by atoms with Gasteiger partial charge in [-0.2, -0.15) is 27.2 Å². The van der Waals surface area contributed by atoms with E-state index >= 15 is 4.39 Å². The van der Waals surface area contributed by atoms with Crippen molar-refractivity contribution in [3.63, 3.8) is 0 Å². The Morgan fingerprint density at radius 2 is 0.338 bits per heavy atom. The summed E-state index contributed by atoms with van der Waals surface area (Å²) in [6.45, 7) is 0. The highest BCUT2D eigenvalue weighted by Crippen LogP contribution is 2.31. The first kappa shape index (κ1) is 67.8. The molecule has 10 nitrogen and oxygen atoms in total. The van der Waals surface area contributed by atoms with Gasteiger partial charge in [-0.05, 0) is 0 Å². The summed E-state index contributed by atoms with van der Waals surface area (Å²) in [6, 6.07) is 20.4. The molecule has 0 aliphatic heterocycles. The molecular weight excluding hydrogens is 1090 g/mol. The molecule has 0 fully saturated rings. The molecule has 0 bridgehead atoms. The first-order valence-corrected chi connectivity index (χ1v) is 21.6. The molecule has 1 aromatic carbocycles. The lowest BCUT2D eigenvalue weighted by Gasteiger charge is -2.14. The van der Waals surface area contributed by atoms with Crippen LogP contribution in [0.25, 0.3) is 28.4 Å². The van der Waals surface area contributed by atoms with Gasteiger partial charge in [0.15, 0.2) is 62.0 Å². The molecule has 5 aromatic heterocycles. The predicted molar refractivity (Wildman–Crippen MR) is 257 cm³/mol. The number of nitrogens with zero attached hydrogens (tertiary/aromatic N) is 10. The normalized spacial score (nSPS) is 11.3. The van der Waals surface area contributed by atoms with Crippen molar-refractivity contribution in [3.05, 3.63) is 128 Å². The Balaban J connectivity index is 0.000000985. The van der Waals surface area contributed by atoms with E-state index < -0.39 is 36.3 Å². The molecule has 0 aliphatic carbocycles. The number of aromatic nitrogens is 5. The van der Waals surface area contributed by atoms with Crippen molar-refractivity contribution in [1.82, 2.24) is 0 Å². The predicted octanol–water partition coefficient (Wildman–Crippen LogP) is 10.0. The minimum atomic E-state index is -6.00. The highest BCUT2D eigenvalue weighted by atomic mass is 19.5. The number of anilines is 5. The van der Waals surface area contributed by atoms with Gasteiger partial charge in [0, 0.05) is 160 Å². The number of benzene rings is 1. The van der Waals surface area contributed by atoms with E-state index in [1.54, 1.807) is 0 Å². The van der Waals surface area contributed by atoms with E-state index in [4.69, 9.17) is 0 Å². The summed E-state index contributed by atoms with van der Waals surface area (Å²) in [4.78, 5) is 10.3. The van der Waals surface area contributed by atoms with Gasteiger partial charge < -0.3 is 111 Å². The Hall–Kier alpha value is -7.18. The summed E-state index contributed by atoms with van der Waals surface area (Å²) >= 11 is 0. The summed E-state index contributed by atoms with van der Waals surface area (Å²) in [7, 11) is -9.90. The molecule has 426 valence electrons. The molecule has 5 heterocycles. The molecule has 0 unspecified atom stereocenters. The van der Waals surface area contributed by atoms with Crippen LogP contribution in [0.1, 0.15) is 0 Å². The van der Waals surface area contributed by atoms with Crippen LogP contribution in [0.3, 0.4) is 0 Å². The van der Waals surface area contributed by atoms with Gasteiger partial charge in [0.25, 0.3) is 5.82 Å². The summed E-state index contributed by atoms with van der Waals surface area (Å²) in [5.74, 6) is -0.377. The maximum absolute atomic E-state index is 18.2. The second kappa shape index (κ2) is 28.3. The average Bonchev–Trinajstić information content (AvgIpc) is 3.26. The molecule has 6 rings (SSSR count). The summed E-state index contributed by atoms with van der Waals surface area (Å²) in [5, 5.41) is 0. The number of pyridine rings is 5. The molecule has 0 radical (unpaired) electrons. The SMILES string of the molecule is CN(C)c1cc[n+](-c2c(F)c(-[n+]3ccc(N(C)C)cc3)c(-[n+]3ccc(N(C)C)cc3)c(-[n+]3ccc(N(C)C)cc3)c2-[n+]2ccc(N(C)C)cc2)cc1.F[B-](F)(F)F.F[B-](F)(F)F.F[B-](F)(F)F.F[B-](F)(F)F.F[B-](F)(F)F. The van der Waals surface area contributed by atoms with E-state index in [0.29, 0.717) is 22.7 Å². The zero-order valence-corrected chi connectivity index (χ0v) is 42.3. The molecular formula is C41H50B5F21N10. The highest BCUT2D eigenvalue weighted by Gasteiger charge is 2.49. The minimum absolute atomic E-state index is 0.377. The van der Waals surface area contributed by atoms with E-state index in [9.17, 15) is 86.3 Å². The molecule has 0 saturated heterocycles. The fourth-order valence-corrected chi connectivity index (χ4v) is 6.19. The van der Waals surface area contributed by atoms with Crippen molar-refractivity contribution in [2.45, 2.75) is 0 Å². The molecule has 6 aromatic rings. The Morgan fingerprint density at radius 3 is 0.455 bits per heavy atom. The van der Waals surface area contributed by atoms with Crippen molar-refractivity contribution in [2.24, 2.45) is 0 Å². The zero-order chi connectivity index (χ0) is 59.8. The summed E-state index contributed by atoms with van der Waals surface area (Å²) in [5.41, 5.74) is 8.07. The third-order valence-corrected chi connectivity index (χ3v) is 9.24. The fourth-order valence-electron chi connectivity index (χ4n) is 6.19. The standard InChI is InChI=1S/C41H50FN10.5BF4/c1-43(2)31-11-21-48(22-12-31)37-36(42)38(49-23-13-32(14-24-49)44(3)4)40(51-27-17-34(18-28-51)46(7)8)41(52-29-19-35(20-30-52)47(9)10)39(37)50-25-15-33(16-26-50)45(5)6;5*2-1(3,4)5/h11-30H,1-10H3;;;;;/q+5;5*-1. The van der Waals surface area contributed by atoms with Crippen LogP contribution in [-0.4, -0.2) is 107 Å². The molecule has 36 heteroatoms. The van der Waals surface area contributed by atoms with Gasteiger partial charge in [-0.15, -0.1) is 0 Å². The maximum atomic E-state index is 18.2. The number of hydrogen-bond acceptors (Lipinski definition) is 5. The monoisotopic (exact) mass is 1140 g/mol. The smallest absolute Gasteiger partial charge is 0.418 e. The lowest BCUT2D eigenvalue weighted by atomic mass is 10.1. The van der Waals surface area contributed by atoms with Crippen LogP contribution >= 0.6 is 0 Å². The topological polar surface area (TPSA) is 35.6 Å².